The van der Waals surface area contributed by atoms with E-state index < -0.39 is 27.8 Å². The zero-order valence-corrected chi connectivity index (χ0v) is 23.9. The Morgan fingerprint density at radius 1 is 1.23 bits per heavy atom. The molecular formula is C25H27F3N4O5S3. The van der Waals surface area contributed by atoms with Crippen LogP contribution in [0.25, 0.3) is 21.6 Å². The molecule has 1 aliphatic rings. The Hall–Kier alpha value is -2.98. The molecule has 3 aromatic heterocycles. The average molecular weight is 617 g/mol. The number of fused-ring (bicyclic) bond motifs is 1. The molecule has 216 valence electrons. The normalized spacial score (nSPS) is 15.9. The van der Waals surface area contributed by atoms with E-state index in [1.807, 2.05) is 37.4 Å². The van der Waals surface area contributed by atoms with Crippen LogP contribution in [0.4, 0.5) is 18.9 Å². The summed E-state index contributed by atoms with van der Waals surface area (Å²) in [5.74, 6) is -2.76. The summed E-state index contributed by atoms with van der Waals surface area (Å²) in [5.41, 5.74) is 1.69. The number of hydrogen-bond acceptors (Lipinski definition) is 8. The third-order valence-electron chi connectivity index (χ3n) is 6.42. The van der Waals surface area contributed by atoms with Gasteiger partial charge in [0, 0.05) is 43.1 Å². The van der Waals surface area contributed by atoms with Crippen molar-refractivity contribution in [3.63, 3.8) is 0 Å². The van der Waals surface area contributed by atoms with E-state index in [1.54, 1.807) is 35.9 Å². The van der Waals surface area contributed by atoms with Gasteiger partial charge in [0.15, 0.2) is 0 Å². The second-order valence-corrected chi connectivity index (χ2v) is 13.8. The van der Waals surface area contributed by atoms with Crippen molar-refractivity contribution in [2.45, 2.75) is 42.3 Å². The number of alkyl halides is 3. The van der Waals surface area contributed by atoms with E-state index in [0.29, 0.717) is 9.90 Å². The number of nitrogens with zero attached hydrogens (tertiary/aromatic N) is 3. The quantitative estimate of drug-likeness (QED) is 0.273. The molecule has 0 aliphatic carbocycles. The predicted octanol–water partition coefficient (Wildman–Crippen LogP) is 5.16. The number of aromatic nitrogens is 2. The zero-order chi connectivity index (χ0) is 29.3. The molecule has 1 saturated heterocycles. The first-order valence-electron chi connectivity index (χ1n) is 12.0. The number of piperidine rings is 1. The van der Waals surface area contributed by atoms with E-state index in [1.165, 1.54) is 20.5 Å². The Morgan fingerprint density at radius 2 is 1.90 bits per heavy atom. The summed E-state index contributed by atoms with van der Waals surface area (Å²) in [4.78, 5) is 20.4. The van der Waals surface area contributed by atoms with E-state index in [0.717, 1.165) is 54.1 Å². The Balaban J connectivity index is 0.000000470. The summed E-state index contributed by atoms with van der Waals surface area (Å²) < 4.78 is 59.5. The molecule has 1 aromatic carbocycles. The molecule has 0 atom stereocenters. The number of aliphatic carboxylic acids is 1. The highest BCUT2D eigenvalue weighted by atomic mass is 32.2. The first-order chi connectivity index (χ1) is 18.7. The van der Waals surface area contributed by atoms with Gasteiger partial charge in [-0.25, -0.2) is 18.2 Å². The van der Waals surface area contributed by atoms with Crippen molar-refractivity contribution in [3.8, 4) is 10.7 Å². The SMILES string of the molecule is CN(c1cccc2cc(-c3ncc(CN4CCC(C)(O)CC4)s3)[nH]c12)S(=O)(=O)c1cccs1.O=C(O)C(F)(F)F. The molecule has 3 N–H and O–H groups in total. The summed E-state index contributed by atoms with van der Waals surface area (Å²) in [5, 5.41) is 20.9. The Labute approximate surface area is 236 Å². The molecule has 0 amide bonds. The zero-order valence-electron chi connectivity index (χ0n) is 21.5. The first-order valence-corrected chi connectivity index (χ1v) is 15.1. The highest BCUT2D eigenvalue weighted by Crippen LogP contribution is 2.35. The Kier molecular flexibility index (Phi) is 8.61. The van der Waals surface area contributed by atoms with Gasteiger partial charge >= 0.3 is 12.1 Å². The number of benzene rings is 1. The minimum atomic E-state index is -5.08. The number of anilines is 1. The summed E-state index contributed by atoms with van der Waals surface area (Å²) >= 11 is 2.85. The second-order valence-electron chi connectivity index (χ2n) is 9.54. The number of rotatable bonds is 6. The standard InChI is InChI=1S/C23H26N4O3S3.C2HF3O2/c1-23(28)8-10-27(11-9-23)15-17-14-24-22(32-17)18-13-16-5-3-6-19(21(16)25-18)26(2)33(29,30)20-7-4-12-31-20;3-2(4,5)1(6)7/h3-7,12-14,25,28H,8-11,15H2,1-2H3;(H,6,7). The number of aliphatic hydroxyl groups is 1. The van der Waals surface area contributed by atoms with Crippen LogP contribution in [0.1, 0.15) is 24.6 Å². The lowest BCUT2D eigenvalue weighted by Gasteiger charge is -2.35. The Morgan fingerprint density at radius 3 is 2.50 bits per heavy atom. The molecule has 0 radical (unpaired) electrons. The van der Waals surface area contributed by atoms with Crippen LogP contribution in [-0.4, -0.2) is 71.4 Å². The summed E-state index contributed by atoms with van der Waals surface area (Å²) in [6.07, 6.45) is -1.61. The molecule has 0 spiro atoms. The number of carboxylic acids is 1. The van der Waals surface area contributed by atoms with Gasteiger partial charge in [-0.05, 0) is 43.3 Å². The number of carboxylic acid groups (broad SMARTS) is 1. The molecule has 15 heteroatoms. The van der Waals surface area contributed by atoms with Crippen molar-refractivity contribution < 1.29 is 36.6 Å². The maximum Gasteiger partial charge on any atom is 0.490 e. The largest absolute Gasteiger partial charge is 0.490 e. The van der Waals surface area contributed by atoms with Gasteiger partial charge in [-0.15, -0.1) is 22.7 Å². The second kappa shape index (κ2) is 11.5. The molecule has 0 bridgehead atoms. The Bertz CT molecular complexity index is 1570. The third-order valence-corrected chi connectivity index (χ3v) is 10.6. The van der Waals surface area contributed by atoms with Crippen LogP contribution in [0.15, 0.2) is 52.2 Å². The molecule has 9 nitrogen and oxygen atoms in total. The van der Waals surface area contributed by atoms with E-state index in [4.69, 9.17) is 9.90 Å². The molecule has 1 fully saturated rings. The fourth-order valence-electron chi connectivity index (χ4n) is 4.11. The predicted molar refractivity (Wildman–Crippen MR) is 148 cm³/mol. The van der Waals surface area contributed by atoms with Crippen LogP contribution in [0, 0.1) is 0 Å². The van der Waals surface area contributed by atoms with Crippen LogP contribution in [0.5, 0.6) is 0 Å². The van der Waals surface area contributed by atoms with E-state index >= 15 is 0 Å². The number of H-pyrrole nitrogens is 1. The van der Waals surface area contributed by atoms with Crippen molar-refractivity contribution >= 4 is 55.3 Å². The number of halogens is 3. The number of nitrogens with one attached hydrogen (secondary N) is 1. The third kappa shape index (κ3) is 6.83. The molecule has 4 aromatic rings. The molecular weight excluding hydrogens is 589 g/mol. The van der Waals surface area contributed by atoms with E-state index in [-0.39, 0.29) is 0 Å². The number of aromatic amines is 1. The fraction of sp³-hybridized carbons (Fsp3) is 0.360. The van der Waals surface area contributed by atoms with Gasteiger partial charge in [-0.2, -0.15) is 13.2 Å². The number of hydrogen-bond donors (Lipinski definition) is 3. The number of thiophene rings is 1. The number of sulfonamides is 1. The highest BCUT2D eigenvalue weighted by Gasteiger charge is 2.38. The number of carbonyl (C=O) groups is 1. The lowest BCUT2D eigenvalue weighted by molar-refractivity contribution is -0.192. The van der Waals surface area contributed by atoms with Gasteiger partial charge in [0.05, 0.1) is 22.5 Å². The molecule has 5 rings (SSSR count). The van der Waals surface area contributed by atoms with Crippen molar-refractivity contribution in [1.82, 2.24) is 14.9 Å². The van der Waals surface area contributed by atoms with Gasteiger partial charge in [0.2, 0.25) is 0 Å². The van der Waals surface area contributed by atoms with Crippen LogP contribution >= 0.6 is 22.7 Å². The number of thiazole rings is 1. The van der Waals surface area contributed by atoms with Crippen molar-refractivity contribution in [2.24, 2.45) is 0 Å². The lowest BCUT2D eigenvalue weighted by atomic mass is 9.94. The highest BCUT2D eigenvalue weighted by molar-refractivity contribution is 7.94. The topological polar surface area (TPSA) is 127 Å². The minimum absolute atomic E-state index is 0.317. The van der Waals surface area contributed by atoms with Crippen LogP contribution < -0.4 is 4.31 Å². The van der Waals surface area contributed by atoms with E-state index in [2.05, 4.69) is 14.9 Å². The van der Waals surface area contributed by atoms with Crippen LogP contribution in [0.2, 0.25) is 0 Å². The summed E-state index contributed by atoms with van der Waals surface area (Å²) in [6, 6.07) is 11.0. The monoisotopic (exact) mass is 616 g/mol. The summed E-state index contributed by atoms with van der Waals surface area (Å²) in [7, 11) is -2.04. The van der Waals surface area contributed by atoms with E-state index in [9.17, 15) is 26.7 Å². The average Bonchev–Trinajstić information content (AvgIpc) is 3.65. The van der Waals surface area contributed by atoms with Gasteiger partial charge in [0.1, 0.15) is 9.22 Å². The van der Waals surface area contributed by atoms with Gasteiger partial charge < -0.3 is 15.2 Å². The molecule has 0 saturated carbocycles. The minimum Gasteiger partial charge on any atom is -0.475 e. The summed E-state index contributed by atoms with van der Waals surface area (Å²) in [6.45, 7) is 4.48. The maximum atomic E-state index is 13.0. The number of likely N-dealkylation sites (tertiary alicyclic amines) is 1. The lowest BCUT2D eigenvalue weighted by Crippen LogP contribution is -2.41. The van der Waals surface area contributed by atoms with Gasteiger partial charge in [-0.3, -0.25) is 9.21 Å². The molecule has 4 heterocycles. The first kappa shape index (κ1) is 30.0. The molecule has 40 heavy (non-hydrogen) atoms. The molecule has 1 aliphatic heterocycles. The maximum absolute atomic E-state index is 13.0. The van der Waals surface area contributed by atoms with Crippen molar-refractivity contribution in [1.29, 1.82) is 0 Å². The molecule has 0 unspecified atom stereocenters. The van der Waals surface area contributed by atoms with Crippen LogP contribution in [-0.2, 0) is 21.4 Å². The fourth-order valence-corrected chi connectivity index (χ4v) is 7.41. The van der Waals surface area contributed by atoms with Gasteiger partial charge in [0.25, 0.3) is 10.0 Å². The number of para-hydroxylation sites is 1. The smallest absolute Gasteiger partial charge is 0.475 e. The van der Waals surface area contributed by atoms with Crippen LogP contribution in [0.3, 0.4) is 0 Å². The van der Waals surface area contributed by atoms with Gasteiger partial charge in [-0.1, -0.05) is 18.2 Å². The van der Waals surface area contributed by atoms with Crippen molar-refractivity contribution in [2.75, 3.05) is 24.4 Å². The van der Waals surface area contributed by atoms with Crippen molar-refractivity contribution in [3.05, 3.63) is 52.9 Å².